The van der Waals surface area contributed by atoms with Gasteiger partial charge in [0.05, 0.1) is 0 Å². The van der Waals surface area contributed by atoms with E-state index in [4.69, 9.17) is 13.6 Å². The van der Waals surface area contributed by atoms with Crippen LogP contribution >= 0.6 is 55.6 Å². The predicted molar refractivity (Wildman–Crippen MR) is 107 cm³/mol. The van der Waals surface area contributed by atoms with Gasteiger partial charge in [0.15, 0.2) is 0 Å². The summed E-state index contributed by atoms with van der Waals surface area (Å²) >= 11 is 10.3. The first-order chi connectivity index (χ1) is 9.88. The molecule has 0 aliphatic heterocycles. The zero-order valence-corrected chi connectivity index (χ0v) is 21.1. The molecule has 0 fully saturated rings. The standard InChI is InChI=1S/C15H30Br3O4P/c1-13(2,3)10(16)20-23(19,21-11(17)14(4,5)6)22-12(18)15(7,8)9/h10-12H,1-9H3. The Labute approximate surface area is 166 Å². The molecule has 0 saturated carbocycles. The van der Waals surface area contributed by atoms with Gasteiger partial charge >= 0.3 is 7.82 Å². The summed E-state index contributed by atoms with van der Waals surface area (Å²) in [4.78, 5) is 0. The van der Waals surface area contributed by atoms with Crippen LogP contribution in [0.25, 0.3) is 0 Å². The molecule has 0 heterocycles. The third-order valence-corrected chi connectivity index (χ3v) is 9.66. The second-order valence-corrected chi connectivity index (χ2v) is 12.8. The van der Waals surface area contributed by atoms with Gasteiger partial charge < -0.3 is 0 Å². The van der Waals surface area contributed by atoms with Crippen molar-refractivity contribution in [2.75, 3.05) is 0 Å². The second-order valence-electron chi connectivity index (χ2n) is 8.81. The average molecular weight is 545 g/mol. The van der Waals surface area contributed by atoms with E-state index < -0.39 is 22.9 Å². The highest BCUT2D eigenvalue weighted by atomic mass is 79.9. The molecule has 0 N–H and O–H groups in total. The van der Waals surface area contributed by atoms with E-state index in [0.29, 0.717) is 0 Å². The van der Waals surface area contributed by atoms with Crippen LogP contribution in [-0.2, 0) is 18.1 Å². The summed E-state index contributed by atoms with van der Waals surface area (Å²) in [7, 11) is -3.82. The molecule has 0 spiro atoms. The van der Waals surface area contributed by atoms with Crippen LogP contribution in [0.1, 0.15) is 62.3 Å². The summed E-state index contributed by atoms with van der Waals surface area (Å²) in [5.74, 6) is 0. The molecule has 0 saturated heterocycles. The number of halogens is 3. The summed E-state index contributed by atoms with van der Waals surface area (Å²) in [6.45, 7) is 17.8. The first kappa shape index (κ1) is 24.6. The Morgan fingerprint density at radius 3 is 0.913 bits per heavy atom. The quantitative estimate of drug-likeness (QED) is 0.257. The number of alkyl halides is 3. The molecule has 3 unspecified atom stereocenters. The number of rotatable bonds is 6. The van der Waals surface area contributed by atoms with E-state index in [0.717, 1.165) is 0 Å². The fourth-order valence-electron chi connectivity index (χ4n) is 0.889. The van der Waals surface area contributed by atoms with Crippen LogP contribution in [0.4, 0.5) is 0 Å². The van der Waals surface area contributed by atoms with E-state index in [2.05, 4.69) is 47.8 Å². The van der Waals surface area contributed by atoms with Crippen molar-refractivity contribution in [1.82, 2.24) is 0 Å². The molecule has 0 radical (unpaired) electrons. The van der Waals surface area contributed by atoms with Crippen molar-refractivity contribution in [2.24, 2.45) is 16.2 Å². The molecule has 0 amide bonds. The van der Waals surface area contributed by atoms with Crippen molar-refractivity contribution >= 4 is 55.6 Å². The minimum absolute atomic E-state index is 0.268. The molecular weight excluding hydrogens is 515 g/mol. The van der Waals surface area contributed by atoms with Crippen LogP contribution in [0.3, 0.4) is 0 Å². The van der Waals surface area contributed by atoms with E-state index >= 15 is 0 Å². The van der Waals surface area contributed by atoms with Crippen LogP contribution in [0.2, 0.25) is 0 Å². The van der Waals surface area contributed by atoms with Crippen molar-refractivity contribution in [2.45, 2.75) is 77.4 Å². The Bertz CT molecular complexity index is 362. The summed E-state index contributed by atoms with van der Waals surface area (Å²) in [6, 6.07) is 0. The first-order valence-electron chi connectivity index (χ1n) is 7.46. The van der Waals surface area contributed by atoms with Crippen LogP contribution < -0.4 is 0 Å². The number of hydrogen-bond donors (Lipinski definition) is 0. The Balaban J connectivity index is 5.40. The maximum atomic E-state index is 13.2. The Morgan fingerprint density at radius 1 is 0.609 bits per heavy atom. The third kappa shape index (κ3) is 9.16. The van der Waals surface area contributed by atoms with Crippen LogP contribution in [0, 0.1) is 16.2 Å². The fraction of sp³-hybridized carbons (Fsp3) is 1.00. The van der Waals surface area contributed by atoms with E-state index in [-0.39, 0.29) is 16.2 Å². The van der Waals surface area contributed by atoms with E-state index in [9.17, 15) is 4.57 Å². The lowest BCUT2D eigenvalue weighted by Crippen LogP contribution is -2.29. The molecule has 0 aromatic rings. The van der Waals surface area contributed by atoms with Crippen molar-refractivity contribution in [3.8, 4) is 0 Å². The van der Waals surface area contributed by atoms with Crippen LogP contribution in [-0.4, -0.2) is 15.0 Å². The van der Waals surface area contributed by atoms with Gasteiger partial charge in [0.2, 0.25) is 0 Å². The maximum Gasteiger partial charge on any atom is 0.478 e. The van der Waals surface area contributed by atoms with E-state index in [1.807, 2.05) is 62.3 Å². The van der Waals surface area contributed by atoms with E-state index in [1.165, 1.54) is 0 Å². The predicted octanol–water partition coefficient (Wildman–Crippen LogP) is 7.45. The Morgan fingerprint density at radius 2 is 0.783 bits per heavy atom. The van der Waals surface area contributed by atoms with Gasteiger partial charge in [-0.15, -0.1) is 0 Å². The highest BCUT2D eigenvalue weighted by Crippen LogP contribution is 2.59. The molecular formula is C15H30Br3O4P. The average Bonchev–Trinajstić information content (AvgIpc) is 2.23. The minimum atomic E-state index is -3.82. The molecule has 4 nitrogen and oxygen atoms in total. The van der Waals surface area contributed by atoms with Crippen molar-refractivity contribution in [1.29, 1.82) is 0 Å². The fourth-order valence-corrected chi connectivity index (χ4v) is 4.51. The zero-order chi connectivity index (χ0) is 18.9. The summed E-state index contributed by atoms with van der Waals surface area (Å²) in [6.07, 6.45) is 0. The normalized spacial score (nSPS) is 20.7. The van der Waals surface area contributed by atoms with Gasteiger partial charge in [-0.05, 0) is 16.2 Å². The van der Waals surface area contributed by atoms with Gasteiger partial charge in [0.1, 0.15) is 15.0 Å². The van der Waals surface area contributed by atoms with Gasteiger partial charge in [-0.3, -0.25) is 13.6 Å². The van der Waals surface area contributed by atoms with Crippen molar-refractivity contribution in [3.05, 3.63) is 0 Å². The molecule has 0 rings (SSSR count). The molecule has 0 aromatic carbocycles. The molecule has 3 atom stereocenters. The van der Waals surface area contributed by atoms with Crippen molar-refractivity contribution < 1.29 is 18.1 Å². The summed E-state index contributed by atoms with van der Waals surface area (Å²) in [5, 5.41) is -1.46. The number of hydrogen-bond acceptors (Lipinski definition) is 4. The lowest BCUT2D eigenvalue weighted by molar-refractivity contribution is 0.0276. The summed E-state index contributed by atoms with van der Waals surface area (Å²) < 4.78 is 30.3. The molecule has 0 aliphatic carbocycles. The molecule has 8 heteroatoms. The second kappa shape index (κ2) is 8.49. The smallest absolute Gasteiger partial charge is 0.271 e. The number of phosphoric acid groups is 1. The lowest BCUT2D eigenvalue weighted by atomic mass is 9.99. The van der Waals surface area contributed by atoms with E-state index in [1.54, 1.807) is 0 Å². The SMILES string of the molecule is CC(C)(C)C(Br)OP(=O)(OC(Br)C(C)(C)C)OC(Br)C(C)(C)C. The van der Waals surface area contributed by atoms with Crippen LogP contribution in [0.15, 0.2) is 0 Å². The molecule has 0 aromatic heterocycles. The van der Waals surface area contributed by atoms with Gasteiger partial charge in [-0.2, -0.15) is 0 Å². The van der Waals surface area contributed by atoms with Gasteiger partial charge in [0.25, 0.3) is 0 Å². The molecule has 0 aliphatic rings. The van der Waals surface area contributed by atoms with Crippen molar-refractivity contribution in [3.63, 3.8) is 0 Å². The molecule has 140 valence electrons. The highest BCUT2D eigenvalue weighted by molar-refractivity contribution is 9.10. The molecule has 23 heavy (non-hydrogen) atoms. The minimum Gasteiger partial charge on any atom is -0.271 e. The van der Waals surface area contributed by atoms with Gasteiger partial charge in [-0.1, -0.05) is 110 Å². The Kier molecular flexibility index (Phi) is 9.07. The van der Waals surface area contributed by atoms with Crippen LogP contribution in [0.5, 0.6) is 0 Å². The summed E-state index contributed by atoms with van der Waals surface area (Å²) in [5.41, 5.74) is -0.805. The maximum absolute atomic E-state index is 13.2. The first-order valence-corrected chi connectivity index (χ1v) is 11.7. The third-order valence-electron chi connectivity index (χ3n) is 2.71. The largest absolute Gasteiger partial charge is 0.478 e. The van der Waals surface area contributed by atoms with Gasteiger partial charge in [0, 0.05) is 0 Å². The highest BCUT2D eigenvalue weighted by Gasteiger charge is 2.42. The monoisotopic (exact) mass is 542 g/mol. The molecule has 0 bridgehead atoms. The lowest BCUT2D eigenvalue weighted by Gasteiger charge is -2.35. The number of phosphoric ester groups is 1. The topological polar surface area (TPSA) is 44.8 Å². The zero-order valence-electron chi connectivity index (χ0n) is 15.4. The Hall–Kier alpha value is 1.55. The van der Waals surface area contributed by atoms with Gasteiger partial charge in [-0.25, -0.2) is 4.57 Å².